The molecule has 3 aromatic rings. The molecular weight excluding hydrogens is 366 g/mol. The van der Waals surface area contributed by atoms with E-state index in [0.29, 0.717) is 17.8 Å². The average Bonchev–Trinajstić information content (AvgIpc) is 3.05. The second-order valence-corrected chi connectivity index (χ2v) is 6.76. The molecule has 0 radical (unpaired) electrons. The maximum absolute atomic E-state index is 13.0. The van der Waals surface area contributed by atoms with E-state index in [2.05, 4.69) is 10.3 Å². The number of amides is 2. The molecule has 2 aromatic carbocycles. The third kappa shape index (κ3) is 3.69. The van der Waals surface area contributed by atoms with E-state index in [1.807, 2.05) is 54.6 Å². The molecule has 0 fully saturated rings. The Bertz CT molecular complexity index is 1040. The molecule has 0 saturated heterocycles. The summed E-state index contributed by atoms with van der Waals surface area (Å²) < 4.78 is 5.33. The van der Waals surface area contributed by atoms with Gasteiger partial charge in [-0.1, -0.05) is 36.4 Å². The van der Waals surface area contributed by atoms with E-state index in [1.54, 1.807) is 30.3 Å². The highest BCUT2D eigenvalue weighted by atomic mass is 16.5. The average molecular weight is 387 g/mol. The lowest BCUT2D eigenvalue weighted by Gasteiger charge is -2.24. The van der Waals surface area contributed by atoms with Crippen molar-refractivity contribution in [2.75, 3.05) is 12.0 Å². The molecule has 2 heterocycles. The standard InChI is InChI=1S/C23H21N3O3/c1-29-20-12-6-5-8-16(20)15-25-21(27)14-19-22-18(11-7-13-24-22)23(28)26(19)17-9-3-2-4-10-17/h2-13,19H,14-15H2,1H3,(H,25,27). The molecule has 1 atom stereocenters. The lowest BCUT2D eigenvalue weighted by atomic mass is 10.1. The third-order valence-corrected chi connectivity index (χ3v) is 5.00. The van der Waals surface area contributed by atoms with Crippen molar-refractivity contribution >= 4 is 17.5 Å². The van der Waals surface area contributed by atoms with Crippen LogP contribution in [0.3, 0.4) is 0 Å². The minimum Gasteiger partial charge on any atom is -0.496 e. The topological polar surface area (TPSA) is 71.5 Å². The number of hydrogen-bond donors (Lipinski definition) is 1. The summed E-state index contributed by atoms with van der Waals surface area (Å²) in [6, 6.07) is 20.0. The number of methoxy groups -OCH3 is 1. The number of ether oxygens (including phenoxy) is 1. The molecule has 6 nitrogen and oxygen atoms in total. The van der Waals surface area contributed by atoms with Crippen LogP contribution < -0.4 is 15.0 Å². The molecule has 29 heavy (non-hydrogen) atoms. The molecule has 146 valence electrons. The van der Waals surface area contributed by atoms with Gasteiger partial charge in [0.2, 0.25) is 5.91 Å². The van der Waals surface area contributed by atoms with Crippen LogP contribution in [-0.4, -0.2) is 23.9 Å². The van der Waals surface area contributed by atoms with Crippen LogP contribution in [0, 0.1) is 0 Å². The van der Waals surface area contributed by atoms with Crippen LogP contribution in [0.15, 0.2) is 72.9 Å². The van der Waals surface area contributed by atoms with Gasteiger partial charge in [0.1, 0.15) is 5.75 Å². The first-order chi connectivity index (χ1) is 14.2. The Hall–Kier alpha value is -3.67. The lowest BCUT2D eigenvalue weighted by Crippen LogP contribution is -2.33. The molecule has 2 amide bonds. The first-order valence-corrected chi connectivity index (χ1v) is 9.41. The summed E-state index contributed by atoms with van der Waals surface area (Å²) in [5.74, 6) is 0.428. The number of rotatable bonds is 6. The number of carbonyl (C=O) groups excluding carboxylic acids is 2. The van der Waals surface area contributed by atoms with Gasteiger partial charge in [-0.15, -0.1) is 0 Å². The van der Waals surface area contributed by atoms with Gasteiger partial charge in [0.25, 0.3) is 5.91 Å². The Morgan fingerprint density at radius 2 is 1.83 bits per heavy atom. The van der Waals surface area contributed by atoms with Gasteiger partial charge in [0.05, 0.1) is 30.8 Å². The number of hydrogen-bond acceptors (Lipinski definition) is 4. The van der Waals surface area contributed by atoms with Crippen molar-refractivity contribution in [1.82, 2.24) is 10.3 Å². The summed E-state index contributed by atoms with van der Waals surface area (Å²) in [7, 11) is 1.60. The summed E-state index contributed by atoms with van der Waals surface area (Å²) in [6.45, 7) is 0.351. The lowest BCUT2D eigenvalue weighted by molar-refractivity contribution is -0.121. The second-order valence-electron chi connectivity index (χ2n) is 6.76. The van der Waals surface area contributed by atoms with E-state index in [0.717, 1.165) is 17.0 Å². The number of para-hydroxylation sites is 2. The van der Waals surface area contributed by atoms with E-state index in [1.165, 1.54) is 0 Å². The van der Waals surface area contributed by atoms with Crippen LogP contribution in [0.5, 0.6) is 5.75 Å². The summed E-state index contributed by atoms with van der Waals surface area (Å²) in [5.41, 5.74) is 2.81. The number of carbonyl (C=O) groups is 2. The van der Waals surface area contributed by atoms with Crippen LogP contribution in [0.4, 0.5) is 5.69 Å². The van der Waals surface area contributed by atoms with Gasteiger partial charge in [0.15, 0.2) is 0 Å². The monoisotopic (exact) mass is 387 g/mol. The Labute approximate surface area is 169 Å². The first kappa shape index (κ1) is 18.7. The Morgan fingerprint density at radius 1 is 1.07 bits per heavy atom. The summed E-state index contributed by atoms with van der Waals surface area (Å²) >= 11 is 0. The minimum atomic E-state index is -0.446. The summed E-state index contributed by atoms with van der Waals surface area (Å²) in [5, 5.41) is 2.93. The normalized spacial score (nSPS) is 15.1. The maximum atomic E-state index is 13.0. The largest absolute Gasteiger partial charge is 0.496 e. The van der Waals surface area contributed by atoms with Crippen molar-refractivity contribution in [2.45, 2.75) is 19.0 Å². The fraction of sp³-hybridized carbons (Fsp3) is 0.174. The van der Waals surface area contributed by atoms with Crippen LogP contribution in [0.1, 0.15) is 34.1 Å². The number of anilines is 1. The quantitative estimate of drug-likeness (QED) is 0.703. The molecule has 0 spiro atoms. The maximum Gasteiger partial charge on any atom is 0.260 e. The van der Waals surface area contributed by atoms with E-state index in [9.17, 15) is 9.59 Å². The predicted molar refractivity (Wildman–Crippen MR) is 110 cm³/mol. The van der Waals surface area contributed by atoms with Gasteiger partial charge in [-0.05, 0) is 30.3 Å². The molecule has 1 N–H and O–H groups in total. The highest BCUT2D eigenvalue weighted by Crippen LogP contribution is 2.38. The van der Waals surface area contributed by atoms with Crippen molar-refractivity contribution in [2.24, 2.45) is 0 Å². The number of fused-ring (bicyclic) bond motifs is 1. The van der Waals surface area contributed by atoms with E-state index in [4.69, 9.17) is 4.74 Å². The smallest absolute Gasteiger partial charge is 0.260 e. The summed E-state index contributed by atoms with van der Waals surface area (Å²) in [4.78, 5) is 31.8. The van der Waals surface area contributed by atoms with Crippen LogP contribution >= 0.6 is 0 Å². The molecular formula is C23H21N3O3. The zero-order valence-electron chi connectivity index (χ0n) is 16.0. The molecule has 1 aromatic heterocycles. The Balaban J connectivity index is 1.55. The van der Waals surface area contributed by atoms with E-state index in [-0.39, 0.29) is 18.2 Å². The van der Waals surface area contributed by atoms with Gasteiger partial charge in [-0.25, -0.2) is 0 Å². The van der Waals surface area contributed by atoms with Crippen molar-refractivity contribution in [3.63, 3.8) is 0 Å². The first-order valence-electron chi connectivity index (χ1n) is 9.41. The van der Waals surface area contributed by atoms with Gasteiger partial charge in [-0.2, -0.15) is 0 Å². The molecule has 0 aliphatic carbocycles. The number of pyridine rings is 1. The third-order valence-electron chi connectivity index (χ3n) is 5.00. The fourth-order valence-corrected chi connectivity index (χ4v) is 3.62. The van der Waals surface area contributed by atoms with Gasteiger partial charge < -0.3 is 10.1 Å². The number of aromatic nitrogens is 1. The van der Waals surface area contributed by atoms with Crippen molar-refractivity contribution in [3.05, 3.63) is 89.7 Å². The minimum absolute atomic E-state index is 0.125. The number of nitrogens with one attached hydrogen (secondary N) is 1. The highest BCUT2D eigenvalue weighted by molar-refractivity contribution is 6.11. The van der Waals surface area contributed by atoms with Gasteiger partial charge in [-0.3, -0.25) is 19.5 Å². The Kier molecular flexibility index (Phi) is 5.24. The molecule has 6 heteroatoms. The predicted octanol–water partition coefficient (Wildman–Crippen LogP) is 3.50. The zero-order valence-corrected chi connectivity index (χ0v) is 16.0. The molecule has 1 aliphatic heterocycles. The second kappa shape index (κ2) is 8.14. The molecule has 1 unspecified atom stereocenters. The van der Waals surface area contributed by atoms with Gasteiger partial charge >= 0.3 is 0 Å². The van der Waals surface area contributed by atoms with Gasteiger partial charge in [0, 0.05) is 24.0 Å². The Morgan fingerprint density at radius 3 is 2.62 bits per heavy atom. The van der Waals surface area contributed by atoms with Crippen molar-refractivity contribution in [1.29, 1.82) is 0 Å². The van der Waals surface area contributed by atoms with E-state index >= 15 is 0 Å². The summed E-state index contributed by atoms with van der Waals surface area (Å²) in [6.07, 6.45) is 1.78. The molecule has 1 aliphatic rings. The van der Waals surface area contributed by atoms with Crippen molar-refractivity contribution in [3.8, 4) is 5.75 Å². The SMILES string of the molecule is COc1ccccc1CNC(=O)CC1c2ncccc2C(=O)N1c1ccccc1. The zero-order chi connectivity index (χ0) is 20.2. The van der Waals surface area contributed by atoms with Crippen molar-refractivity contribution < 1.29 is 14.3 Å². The number of benzene rings is 2. The van der Waals surface area contributed by atoms with Crippen LogP contribution in [0.25, 0.3) is 0 Å². The number of nitrogens with zero attached hydrogens (tertiary/aromatic N) is 2. The van der Waals surface area contributed by atoms with Crippen LogP contribution in [0.2, 0.25) is 0 Å². The highest BCUT2D eigenvalue weighted by Gasteiger charge is 2.39. The van der Waals surface area contributed by atoms with E-state index < -0.39 is 6.04 Å². The molecule has 0 bridgehead atoms. The van der Waals surface area contributed by atoms with Crippen LogP contribution in [-0.2, 0) is 11.3 Å². The fourth-order valence-electron chi connectivity index (χ4n) is 3.62. The molecule has 0 saturated carbocycles. The molecule has 4 rings (SSSR count).